The highest BCUT2D eigenvalue weighted by atomic mass is 19.4. The molecule has 23 heavy (non-hydrogen) atoms. The minimum atomic E-state index is -4.54. The molecule has 0 aliphatic carbocycles. The summed E-state index contributed by atoms with van der Waals surface area (Å²) in [5, 5.41) is 3.91. The van der Waals surface area contributed by atoms with Crippen LogP contribution in [0.15, 0.2) is 42.7 Å². The molecule has 1 amide bonds. The first-order valence-electron chi connectivity index (χ1n) is 6.84. The predicted octanol–water partition coefficient (Wildman–Crippen LogP) is 3.05. The van der Waals surface area contributed by atoms with Gasteiger partial charge in [0.2, 0.25) is 0 Å². The summed E-state index contributed by atoms with van der Waals surface area (Å²) >= 11 is 0. The van der Waals surface area contributed by atoms with E-state index in [-0.39, 0.29) is 11.4 Å². The van der Waals surface area contributed by atoms with Crippen LogP contribution in [0.5, 0.6) is 5.75 Å². The highest BCUT2D eigenvalue weighted by Crippen LogP contribution is 2.32. The number of hydrogen-bond donors (Lipinski definition) is 0. The van der Waals surface area contributed by atoms with Gasteiger partial charge in [0, 0.05) is 12.4 Å². The lowest BCUT2D eigenvalue weighted by molar-refractivity contribution is -0.134. The third-order valence-electron chi connectivity index (χ3n) is 3.26. The fraction of sp³-hybridized carbons (Fsp3) is 0.333. The van der Waals surface area contributed by atoms with Crippen LogP contribution in [-0.4, -0.2) is 35.5 Å². The van der Waals surface area contributed by atoms with E-state index in [4.69, 9.17) is 4.74 Å². The standard InChI is InChI=1S/C15H16F3N3O2/c1-11(21-9-5-8-19-21)14(22)20(10-15(16,17)18)12-6-3-4-7-13(12)23-2/h3-9,11H,10H2,1-2H3/t11-/m0/s1. The molecule has 0 aliphatic rings. The van der Waals surface area contributed by atoms with Gasteiger partial charge >= 0.3 is 6.18 Å². The predicted molar refractivity (Wildman–Crippen MR) is 78.3 cm³/mol. The van der Waals surface area contributed by atoms with E-state index in [0.29, 0.717) is 4.90 Å². The van der Waals surface area contributed by atoms with Gasteiger partial charge in [0.25, 0.3) is 5.91 Å². The van der Waals surface area contributed by atoms with Crippen molar-refractivity contribution in [1.29, 1.82) is 0 Å². The van der Waals surface area contributed by atoms with Crippen LogP contribution in [0.1, 0.15) is 13.0 Å². The summed E-state index contributed by atoms with van der Waals surface area (Å²) in [6.07, 6.45) is -1.56. The van der Waals surface area contributed by atoms with Crippen molar-refractivity contribution in [2.24, 2.45) is 0 Å². The SMILES string of the molecule is COc1ccccc1N(CC(F)(F)F)C(=O)[C@H](C)n1cccn1. The molecule has 1 aromatic carbocycles. The normalized spacial score (nSPS) is 12.7. The van der Waals surface area contributed by atoms with E-state index in [1.807, 2.05) is 0 Å². The average molecular weight is 327 g/mol. The summed E-state index contributed by atoms with van der Waals surface area (Å²) in [6, 6.07) is 6.81. The van der Waals surface area contributed by atoms with Crippen molar-refractivity contribution < 1.29 is 22.7 Å². The van der Waals surface area contributed by atoms with Crippen molar-refractivity contribution in [3.8, 4) is 5.75 Å². The number of methoxy groups -OCH3 is 1. The molecule has 0 unspecified atom stereocenters. The monoisotopic (exact) mass is 327 g/mol. The highest BCUT2D eigenvalue weighted by molar-refractivity contribution is 5.97. The fourth-order valence-electron chi connectivity index (χ4n) is 2.16. The molecule has 0 saturated carbocycles. The number of hydrogen-bond acceptors (Lipinski definition) is 3. The average Bonchev–Trinajstić information content (AvgIpc) is 3.04. The Kier molecular flexibility index (Phi) is 4.92. The zero-order valence-electron chi connectivity index (χ0n) is 12.6. The topological polar surface area (TPSA) is 47.4 Å². The molecule has 0 radical (unpaired) electrons. The lowest BCUT2D eigenvalue weighted by Gasteiger charge is -2.28. The van der Waals surface area contributed by atoms with E-state index < -0.39 is 24.7 Å². The van der Waals surface area contributed by atoms with E-state index in [9.17, 15) is 18.0 Å². The number of rotatable bonds is 5. The van der Waals surface area contributed by atoms with Crippen LogP contribution in [0.2, 0.25) is 0 Å². The van der Waals surface area contributed by atoms with E-state index in [2.05, 4.69) is 5.10 Å². The molecule has 5 nitrogen and oxygen atoms in total. The minimum Gasteiger partial charge on any atom is -0.495 e. The number of aromatic nitrogens is 2. The minimum absolute atomic E-state index is 0.0660. The van der Waals surface area contributed by atoms with Gasteiger partial charge in [0.05, 0.1) is 12.8 Å². The van der Waals surface area contributed by atoms with Crippen LogP contribution in [0, 0.1) is 0 Å². The van der Waals surface area contributed by atoms with Crippen LogP contribution < -0.4 is 9.64 Å². The Labute approximate surface area is 131 Å². The molecule has 8 heteroatoms. The molecule has 124 valence electrons. The molecule has 0 bridgehead atoms. The van der Waals surface area contributed by atoms with Crippen molar-refractivity contribution in [2.45, 2.75) is 19.1 Å². The summed E-state index contributed by atoms with van der Waals surface area (Å²) in [7, 11) is 1.34. The largest absolute Gasteiger partial charge is 0.495 e. The maximum absolute atomic E-state index is 12.9. The van der Waals surface area contributed by atoms with Crippen LogP contribution in [0.4, 0.5) is 18.9 Å². The van der Waals surface area contributed by atoms with Crippen molar-refractivity contribution in [2.75, 3.05) is 18.6 Å². The quantitative estimate of drug-likeness (QED) is 0.848. The van der Waals surface area contributed by atoms with Gasteiger partial charge in [-0.15, -0.1) is 0 Å². The van der Waals surface area contributed by atoms with Crippen molar-refractivity contribution in [3.63, 3.8) is 0 Å². The zero-order valence-corrected chi connectivity index (χ0v) is 12.6. The van der Waals surface area contributed by atoms with Crippen LogP contribution in [0.3, 0.4) is 0 Å². The van der Waals surface area contributed by atoms with Crippen LogP contribution in [-0.2, 0) is 4.79 Å². The first kappa shape index (κ1) is 16.9. The Morgan fingerprint density at radius 2 is 2.04 bits per heavy atom. The lowest BCUT2D eigenvalue weighted by Crippen LogP contribution is -2.42. The van der Waals surface area contributed by atoms with Gasteiger partial charge in [0.1, 0.15) is 18.3 Å². The number of alkyl halides is 3. The lowest BCUT2D eigenvalue weighted by atomic mass is 10.2. The molecule has 0 aliphatic heterocycles. The molecule has 0 saturated heterocycles. The van der Waals surface area contributed by atoms with Gasteiger partial charge < -0.3 is 4.74 Å². The molecular formula is C15H16F3N3O2. The molecule has 0 spiro atoms. The first-order valence-corrected chi connectivity index (χ1v) is 6.84. The molecule has 0 N–H and O–H groups in total. The number of halogens is 3. The van der Waals surface area contributed by atoms with Crippen molar-refractivity contribution >= 4 is 11.6 Å². The first-order chi connectivity index (χ1) is 10.8. The molecule has 0 fully saturated rings. The van der Waals surface area contributed by atoms with Gasteiger partial charge in [-0.25, -0.2) is 0 Å². The fourth-order valence-corrected chi connectivity index (χ4v) is 2.16. The Morgan fingerprint density at radius 3 is 2.61 bits per heavy atom. The molecule has 1 atom stereocenters. The summed E-state index contributed by atoms with van der Waals surface area (Å²) < 4.78 is 45.2. The van der Waals surface area contributed by atoms with Crippen LogP contribution >= 0.6 is 0 Å². The number of carbonyl (C=O) groups excluding carboxylic acids is 1. The van der Waals surface area contributed by atoms with Gasteiger partial charge in [-0.2, -0.15) is 18.3 Å². The van der Waals surface area contributed by atoms with E-state index in [0.717, 1.165) is 0 Å². The number of nitrogens with zero attached hydrogens (tertiary/aromatic N) is 3. The van der Waals surface area contributed by atoms with E-state index >= 15 is 0 Å². The third-order valence-corrected chi connectivity index (χ3v) is 3.26. The summed E-state index contributed by atoms with van der Waals surface area (Å²) in [6.45, 7) is 0.0892. The van der Waals surface area contributed by atoms with Gasteiger partial charge in [0.15, 0.2) is 0 Å². The Morgan fingerprint density at radius 1 is 1.35 bits per heavy atom. The second-order valence-corrected chi connectivity index (χ2v) is 4.87. The second-order valence-electron chi connectivity index (χ2n) is 4.87. The Balaban J connectivity index is 2.40. The second kappa shape index (κ2) is 6.72. The summed E-state index contributed by atoms with van der Waals surface area (Å²) in [5.41, 5.74) is 0.0660. The van der Waals surface area contributed by atoms with E-state index in [1.165, 1.54) is 43.2 Å². The van der Waals surface area contributed by atoms with Crippen molar-refractivity contribution in [1.82, 2.24) is 9.78 Å². The number of ether oxygens (including phenoxy) is 1. The third kappa shape index (κ3) is 4.02. The Bertz CT molecular complexity index is 656. The van der Waals surface area contributed by atoms with Crippen molar-refractivity contribution in [3.05, 3.63) is 42.7 Å². The van der Waals surface area contributed by atoms with Gasteiger partial charge in [-0.1, -0.05) is 12.1 Å². The summed E-state index contributed by atoms with van der Waals surface area (Å²) in [4.78, 5) is 13.3. The maximum atomic E-state index is 12.9. The highest BCUT2D eigenvalue weighted by Gasteiger charge is 2.36. The Hall–Kier alpha value is -2.51. The molecule has 2 aromatic rings. The number of carbonyl (C=O) groups is 1. The smallest absolute Gasteiger partial charge is 0.406 e. The van der Waals surface area contributed by atoms with Crippen LogP contribution in [0.25, 0.3) is 0 Å². The number of benzene rings is 1. The number of anilines is 1. The molecule has 1 aromatic heterocycles. The number of amides is 1. The molecule has 1 heterocycles. The van der Waals surface area contributed by atoms with Gasteiger partial charge in [-0.05, 0) is 25.1 Å². The van der Waals surface area contributed by atoms with Gasteiger partial charge in [-0.3, -0.25) is 14.4 Å². The number of para-hydroxylation sites is 2. The van der Waals surface area contributed by atoms with E-state index in [1.54, 1.807) is 18.2 Å². The zero-order chi connectivity index (χ0) is 17.0. The molecular weight excluding hydrogens is 311 g/mol. The summed E-state index contributed by atoms with van der Waals surface area (Å²) in [5.74, 6) is -0.534. The maximum Gasteiger partial charge on any atom is 0.406 e. The molecule has 2 rings (SSSR count).